The first-order valence-corrected chi connectivity index (χ1v) is 18.7. The van der Waals surface area contributed by atoms with Gasteiger partial charge in [-0.2, -0.15) is 4.31 Å². The van der Waals surface area contributed by atoms with Gasteiger partial charge in [-0.25, -0.2) is 9.13 Å². The van der Waals surface area contributed by atoms with Gasteiger partial charge >= 0.3 is 74.8 Å². The summed E-state index contributed by atoms with van der Waals surface area (Å²) in [6, 6.07) is 7.92. The van der Waals surface area contributed by atoms with Gasteiger partial charge in [0.15, 0.2) is 0 Å². The third-order valence-electron chi connectivity index (χ3n) is 6.52. The van der Waals surface area contributed by atoms with Crippen molar-refractivity contribution in [1.29, 1.82) is 0 Å². The molecule has 14 heteroatoms. The van der Waals surface area contributed by atoms with Gasteiger partial charge in [-0.05, 0) is 59.8 Å². The van der Waals surface area contributed by atoms with Crippen LogP contribution >= 0.6 is 39.2 Å². The van der Waals surface area contributed by atoms with E-state index < -0.39 is 26.5 Å². The largest absolute Gasteiger partial charge is 1.00 e. The molecular weight excluding hydrogens is 672 g/mol. The molecule has 0 spiro atoms. The number of phenolic OH excluding ortho intramolecular Hbond substituents is 1. The van der Waals surface area contributed by atoms with Crippen molar-refractivity contribution in [3.8, 4) is 11.5 Å². The summed E-state index contributed by atoms with van der Waals surface area (Å²) in [5, 5.41) is 11.2. The van der Waals surface area contributed by atoms with Crippen LogP contribution in [-0.4, -0.2) is 23.9 Å². The minimum atomic E-state index is -5.30. The molecule has 0 heterocycles. The second kappa shape index (κ2) is 15.5. The molecule has 8 nitrogen and oxygen atoms in total. The van der Waals surface area contributed by atoms with Crippen molar-refractivity contribution in [1.82, 2.24) is 0 Å². The maximum Gasteiger partial charge on any atom is 1.00 e. The Morgan fingerprint density at radius 1 is 0.600 bits per heavy atom. The average Bonchev–Trinajstić information content (AvgIpc) is 2.70. The molecular formula is C31H52Na2O8P2S2. The first-order valence-electron chi connectivity index (χ1n) is 14.1. The fourth-order valence-electron chi connectivity index (χ4n) is 4.54. The molecule has 0 aliphatic heterocycles. The molecule has 0 amide bonds. The third kappa shape index (κ3) is 13.7. The van der Waals surface area contributed by atoms with Crippen LogP contribution in [0.5, 0.6) is 11.5 Å². The van der Waals surface area contributed by atoms with E-state index in [0.29, 0.717) is 16.9 Å². The number of phenols is 1. The molecule has 45 heavy (non-hydrogen) atoms. The van der Waals surface area contributed by atoms with E-state index in [4.69, 9.17) is 4.52 Å². The summed E-state index contributed by atoms with van der Waals surface area (Å²) in [6.45, 7) is 28.4. The minimum absolute atomic E-state index is 0. The number of benzene rings is 2. The van der Waals surface area contributed by atoms with Crippen molar-refractivity contribution in [2.75, 3.05) is 0 Å². The molecule has 0 aromatic heterocycles. The number of aromatic hydroxyl groups is 1. The van der Waals surface area contributed by atoms with Crippen LogP contribution in [0.2, 0.25) is 0 Å². The molecule has 4 N–H and O–H groups in total. The zero-order valence-electron chi connectivity index (χ0n) is 31.9. The topological polar surface area (TPSA) is 134 Å². The van der Waals surface area contributed by atoms with Gasteiger partial charge < -0.3 is 22.3 Å². The SMILES string of the molecule is CC(C)(Sc1cc(C(C)(C)C)c(O)c(C(C)(C)C)c1)Sc1cc(C(C)(C)C)c(OP(=O)(O)OP(=O)(O)O)c(C(C)(C)C)c1.[H-].[H-].[Na+].[Na+]. The van der Waals surface area contributed by atoms with Crippen LogP contribution < -0.4 is 63.6 Å². The van der Waals surface area contributed by atoms with E-state index in [2.05, 4.69) is 71.8 Å². The van der Waals surface area contributed by atoms with Gasteiger partial charge in [-0.15, -0.1) is 23.5 Å². The minimum Gasteiger partial charge on any atom is -1.00 e. The van der Waals surface area contributed by atoms with Crippen molar-refractivity contribution in [3.05, 3.63) is 46.5 Å². The monoisotopic (exact) mass is 724 g/mol. The Balaban J connectivity index is -0.00000484. The number of hydrogen-bond donors (Lipinski definition) is 4. The van der Waals surface area contributed by atoms with E-state index in [1.807, 2.05) is 53.7 Å². The maximum atomic E-state index is 12.7. The summed E-state index contributed by atoms with van der Waals surface area (Å²) in [7, 11) is -10.5. The summed E-state index contributed by atoms with van der Waals surface area (Å²) >= 11 is 3.31. The van der Waals surface area contributed by atoms with E-state index in [-0.39, 0.29) is 82.6 Å². The van der Waals surface area contributed by atoms with Gasteiger partial charge in [-0.1, -0.05) is 83.1 Å². The fourth-order valence-corrected chi connectivity index (χ4v) is 8.76. The van der Waals surface area contributed by atoms with Gasteiger partial charge in [0.25, 0.3) is 0 Å². The molecule has 248 valence electrons. The molecule has 1 atom stereocenters. The third-order valence-corrected chi connectivity index (χ3v) is 11.0. The molecule has 0 fully saturated rings. The zero-order valence-corrected chi connectivity index (χ0v) is 37.4. The normalized spacial score (nSPS) is 14.7. The molecule has 2 aromatic rings. The Morgan fingerprint density at radius 3 is 1.16 bits per heavy atom. The van der Waals surface area contributed by atoms with Crippen LogP contribution in [0.15, 0.2) is 34.1 Å². The molecule has 2 rings (SSSR count). The van der Waals surface area contributed by atoms with Crippen molar-refractivity contribution in [2.24, 2.45) is 0 Å². The Kier molecular flexibility index (Phi) is 15.9. The molecule has 2 aromatic carbocycles. The average molecular weight is 725 g/mol. The van der Waals surface area contributed by atoms with Crippen LogP contribution in [0.25, 0.3) is 0 Å². The maximum absolute atomic E-state index is 12.7. The summed E-state index contributed by atoms with van der Waals surface area (Å²) in [5.41, 5.74) is 1.33. The quantitative estimate of drug-likeness (QED) is 0.137. The number of thioether (sulfide) groups is 2. The van der Waals surface area contributed by atoms with E-state index in [9.17, 15) is 28.9 Å². The van der Waals surface area contributed by atoms with Crippen molar-refractivity contribution >= 4 is 39.2 Å². The number of hydrogen-bond acceptors (Lipinski definition) is 7. The van der Waals surface area contributed by atoms with E-state index in [0.717, 1.165) is 20.9 Å². The van der Waals surface area contributed by atoms with E-state index in [1.54, 1.807) is 23.5 Å². The van der Waals surface area contributed by atoms with E-state index in [1.165, 1.54) is 0 Å². The van der Waals surface area contributed by atoms with E-state index >= 15 is 0 Å². The summed E-state index contributed by atoms with van der Waals surface area (Å²) in [6.07, 6.45) is 0. The number of rotatable bonds is 8. The second-order valence-electron chi connectivity index (χ2n) is 15.5. The molecule has 0 bridgehead atoms. The van der Waals surface area contributed by atoms with Gasteiger partial charge in [0, 0.05) is 32.0 Å². The van der Waals surface area contributed by atoms with Crippen LogP contribution in [0.3, 0.4) is 0 Å². The standard InChI is InChI=1S/C31H50O8P2S2.2Na.2H/c1-27(2,3)21-15-19(16-22(25(21)32)28(4,5)6)42-31(13,14)43-20-17-23(29(7,8)9)26(24(18-20)30(10,11)12)38-41(36,37)39-40(33,34)35;;;;/h15-18,32H,1-14H3,(H,36,37)(H2,33,34,35);;;;/q;2*+1;2*-1. The number of phosphoric ester groups is 1. The van der Waals surface area contributed by atoms with Crippen LogP contribution in [0, 0.1) is 0 Å². The first kappa shape index (κ1) is 46.0. The van der Waals surface area contributed by atoms with Gasteiger partial charge in [-0.3, -0.25) is 4.89 Å². The van der Waals surface area contributed by atoms with Crippen LogP contribution in [0.1, 0.15) is 122 Å². The van der Waals surface area contributed by atoms with Gasteiger partial charge in [0.2, 0.25) is 0 Å². The molecule has 0 saturated carbocycles. The predicted molar refractivity (Wildman–Crippen MR) is 181 cm³/mol. The molecule has 0 radical (unpaired) electrons. The Bertz CT molecular complexity index is 1390. The predicted octanol–water partition coefficient (Wildman–Crippen LogP) is 4.02. The van der Waals surface area contributed by atoms with Gasteiger partial charge in [0.1, 0.15) is 11.5 Å². The van der Waals surface area contributed by atoms with Crippen molar-refractivity contribution < 1.29 is 99.7 Å². The molecule has 1 unspecified atom stereocenters. The van der Waals surface area contributed by atoms with Crippen LogP contribution in [0.4, 0.5) is 0 Å². The number of phosphoric acid groups is 2. The van der Waals surface area contributed by atoms with Crippen molar-refractivity contribution in [3.63, 3.8) is 0 Å². The summed E-state index contributed by atoms with van der Waals surface area (Å²) < 4.78 is 33.3. The zero-order chi connectivity index (χ0) is 33.8. The van der Waals surface area contributed by atoms with Crippen LogP contribution in [-0.2, 0) is 35.1 Å². The Labute approximate surface area is 326 Å². The Hall–Kier alpha value is 1.04. The molecule has 0 saturated heterocycles. The smallest absolute Gasteiger partial charge is 1.00 e. The summed E-state index contributed by atoms with van der Waals surface area (Å²) in [5.74, 6) is 0.399. The second-order valence-corrected chi connectivity index (χ2v) is 21.9. The van der Waals surface area contributed by atoms with Gasteiger partial charge in [0.05, 0.1) is 4.08 Å². The summed E-state index contributed by atoms with van der Waals surface area (Å²) in [4.78, 5) is 30.6. The fraction of sp³-hybridized carbons (Fsp3) is 0.613. The Morgan fingerprint density at radius 2 is 0.889 bits per heavy atom. The van der Waals surface area contributed by atoms with Crippen molar-refractivity contribution in [2.45, 2.75) is 132 Å². The molecule has 0 aliphatic rings. The first-order chi connectivity index (χ1) is 18.8. The molecule has 0 aliphatic carbocycles.